The number of carbonyl (C=O) groups excluding carboxylic acids is 1. The van der Waals surface area contributed by atoms with E-state index in [0.29, 0.717) is 5.41 Å². The van der Waals surface area contributed by atoms with Crippen molar-refractivity contribution in [2.75, 3.05) is 26.2 Å². The Labute approximate surface area is 98.8 Å². The molecule has 0 N–H and O–H groups in total. The lowest BCUT2D eigenvalue weighted by Gasteiger charge is -2.27. The van der Waals surface area contributed by atoms with E-state index in [-0.39, 0.29) is 6.03 Å². The van der Waals surface area contributed by atoms with Gasteiger partial charge in [0.15, 0.2) is 0 Å². The highest BCUT2D eigenvalue weighted by atomic mass is 16.2. The second-order valence-corrected chi connectivity index (χ2v) is 6.02. The summed E-state index contributed by atoms with van der Waals surface area (Å²) in [5, 5.41) is 0. The smallest absolute Gasteiger partial charge is 0.320 e. The average molecular weight is 224 g/mol. The summed E-state index contributed by atoms with van der Waals surface area (Å²) in [4.78, 5) is 16.4. The van der Waals surface area contributed by atoms with E-state index < -0.39 is 0 Å². The van der Waals surface area contributed by atoms with E-state index in [2.05, 4.69) is 18.7 Å². The first-order valence-corrected chi connectivity index (χ1v) is 6.62. The van der Waals surface area contributed by atoms with Crippen LogP contribution in [0.5, 0.6) is 0 Å². The Morgan fingerprint density at radius 3 is 2.06 bits per heavy atom. The number of urea groups is 1. The highest BCUT2D eigenvalue weighted by Gasteiger charge is 2.33. The van der Waals surface area contributed by atoms with Crippen molar-refractivity contribution in [1.29, 1.82) is 0 Å². The predicted molar refractivity (Wildman–Crippen MR) is 65.4 cm³/mol. The lowest BCUT2D eigenvalue weighted by atomic mass is 9.93. The highest BCUT2D eigenvalue weighted by Crippen LogP contribution is 2.29. The Kier molecular flexibility index (Phi) is 3.41. The normalized spacial score (nSPS) is 25.6. The molecule has 2 aliphatic rings. The molecule has 16 heavy (non-hydrogen) atoms. The van der Waals surface area contributed by atoms with Gasteiger partial charge in [0, 0.05) is 26.2 Å². The SMILES string of the molecule is CC1(C)CCN(C(=O)N2CCCCCC2)C1. The van der Waals surface area contributed by atoms with Crippen LogP contribution in [0.1, 0.15) is 46.0 Å². The minimum atomic E-state index is 0.285. The van der Waals surface area contributed by atoms with Crippen molar-refractivity contribution in [3.8, 4) is 0 Å². The second kappa shape index (κ2) is 4.64. The molecular weight excluding hydrogens is 200 g/mol. The molecule has 0 aromatic heterocycles. The largest absolute Gasteiger partial charge is 0.325 e. The maximum atomic E-state index is 12.3. The maximum Gasteiger partial charge on any atom is 0.320 e. The first-order valence-electron chi connectivity index (χ1n) is 6.62. The minimum absolute atomic E-state index is 0.285. The summed E-state index contributed by atoms with van der Waals surface area (Å²) < 4.78 is 0. The van der Waals surface area contributed by atoms with Gasteiger partial charge in [-0.25, -0.2) is 4.79 Å². The van der Waals surface area contributed by atoms with Crippen molar-refractivity contribution >= 4 is 6.03 Å². The number of hydrogen-bond acceptors (Lipinski definition) is 1. The van der Waals surface area contributed by atoms with Gasteiger partial charge in [-0.3, -0.25) is 0 Å². The van der Waals surface area contributed by atoms with Crippen LogP contribution in [0.3, 0.4) is 0 Å². The van der Waals surface area contributed by atoms with E-state index in [1.807, 2.05) is 4.90 Å². The van der Waals surface area contributed by atoms with E-state index in [1.165, 1.54) is 25.7 Å². The molecule has 3 nitrogen and oxygen atoms in total. The van der Waals surface area contributed by atoms with Crippen molar-refractivity contribution in [3.63, 3.8) is 0 Å². The first-order chi connectivity index (χ1) is 7.58. The van der Waals surface area contributed by atoms with E-state index in [1.54, 1.807) is 0 Å². The van der Waals surface area contributed by atoms with Crippen LogP contribution in [0.25, 0.3) is 0 Å². The number of hydrogen-bond donors (Lipinski definition) is 0. The number of rotatable bonds is 0. The first kappa shape index (κ1) is 11.7. The van der Waals surface area contributed by atoms with Gasteiger partial charge in [-0.1, -0.05) is 26.7 Å². The maximum absolute atomic E-state index is 12.3. The zero-order valence-corrected chi connectivity index (χ0v) is 10.7. The topological polar surface area (TPSA) is 23.6 Å². The van der Waals surface area contributed by atoms with Crippen LogP contribution in [0.4, 0.5) is 4.79 Å². The molecule has 0 aromatic rings. The molecule has 0 radical (unpaired) electrons. The third-order valence-corrected chi connectivity index (χ3v) is 3.82. The third-order valence-electron chi connectivity index (χ3n) is 3.82. The number of likely N-dealkylation sites (tertiary alicyclic amines) is 2. The monoisotopic (exact) mass is 224 g/mol. The lowest BCUT2D eigenvalue weighted by molar-refractivity contribution is 0.160. The molecule has 3 heteroatoms. The van der Waals surface area contributed by atoms with Gasteiger partial charge in [0.05, 0.1) is 0 Å². The summed E-state index contributed by atoms with van der Waals surface area (Å²) in [5.74, 6) is 0. The molecular formula is C13H24N2O. The van der Waals surface area contributed by atoms with Crippen LogP contribution >= 0.6 is 0 Å². The summed E-state index contributed by atoms with van der Waals surface area (Å²) in [6.07, 6.45) is 6.09. The quantitative estimate of drug-likeness (QED) is 0.620. The van der Waals surface area contributed by atoms with Crippen molar-refractivity contribution in [3.05, 3.63) is 0 Å². The molecule has 2 fully saturated rings. The molecule has 2 heterocycles. The summed E-state index contributed by atoms with van der Waals surface area (Å²) in [7, 11) is 0. The molecule has 2 rings (SSSR count). The molecule has 2 amide bonds. The molecule has 0 spiro atoms. The average Bonchev–Trinajstić information content (AvgIpc) is 2.48. The Hall–Kier alpha value is -0.730. The fourth-order valence-electron chi connectivity index (χ4n) is 2.74. The summed E-state index contributed by atoms with van der Waals surface area (Å²) in [6, 6.07) is 0.285. The molecule has 0 aliphatic carbocycles. The molecule has 2 saturated heterocycles. The molecule has 0 aromatic carbocycles. The van der Waals surface area contributed by atoms with Gasteiger partial charge in [0.1, 0.15) is 0 Å². The van der Waals surface area contributed by atoms with Crippen molar-refractivity contribution in [2.24, 2.45) is 5.41 Å². The Bertz CT molecular complexity index is 248. The molecule has 0 bridgehead atoms. The Morgan fingerprint density at radius 1 is 0.938 bits per heavy atom. The van der Waals surface area contributed by atoms with Crippen LogP contribution in [0.15, 0.2) is 0 Å². The van der Waals surface area contributed by atoms with Gasteiger partial charge in [0.25, 0.3) is 0 Å². The molecule has 0 saturated carbocycles. The zero-order chi connectivity index (χ0) is 11.6. The standard InChI is InChI=1S/C13H24N2O/c1-13(2)7-10-15(11-13)12(16)14-8-5-3-4-6-9-14/h3-11H2,1-2H3. The lowest BCUT2D eigenvalue weighted by Crippen LogP contribution is -2.43. The number of amides is 2. The minimum Gasteiger partial charge on any atom is -0.325 e. The van der Waals surface area contributed by atoms with Gasteiger partial charge in [-0.2, -0.15) is 0 Å². The van der Waals surface area contributed by atoms with E-state index >= 15 is 0 Å². The van der Waals surface area contributed by atoms with Crippen LogP contribution in [0.2, 0.25) is 0 Å². The molecule has 92 valence electrons. The predicted octanol–water partition coefficient (Wildman–Crippen LogP) is 2.71. The van der Waals surface area contributed by atoms with Gasteiger partial charge >= 0.3 is 6.03 Å². The van der Waals surface area contributed by atoms with Crippen LogP contribution in [-0.4, -0.2) is 42.0 Å². The fraction of sp³-hybridized carbons (Fsp3) is 0.923. The fourth-order valence-corrected chi connectivity index (χ4v) is 2.74. The summed E-state index contributed by atoms with van der Waals surface area (Å²) in [5.41, 5.74) is 0.321. The summed E-state index contributed by atoms with van der Waals surface area (Å²) in [6.45, 7) is 8.32. The molecule has 0 atom stereocenters. The molecule has 0 unspecified atom stereocenters. The van der Waals surface area contributed by atoms with E-state index in [0.717, 1.165) is 32.6 Å². The van der Waals surface area contributed by atoms with Gasteiger partial charge < -0.3 is 9.80 Å². The van der Waals surface area contributed by atoms with Crippen molar-refractivity contribution < 1.29 is 4.79 Å². The van der Waals surface area contributed by atoms with E-state index in [4.69, 9.17) is 0 Å². The van der Waals surface area contributed by atoms with E-state index in [9.17, 15) is 4.79 Å². The third kappa shape index (κ3) is 2.69. The zero-order valence-electron chi connectivity index (χ0n) is 10.7. The van der Waals surface area contributed by atoms with Crippen LogP contribution in [-0.2, 0) is 0 Å². The van der Waals surface area contributed by atoms with Crippen LogP contribution < -0.4 is 0 Å². The van der Waals surface area contributed by atoms with Crippen molar-refractivity contribution in [2.45, 2.75) is 46.0 Å². The van der Waals surface area contributed by atoms with Crippen molar-refractivity contribution in [1.82, 2.24) is 9.80 Å². The Balaban J connectivity index is 1.91. The van der Waals surface area contributed by atoms with Crippen LogP contribution in [0, 0.1) is 5.41 Å². The van der Waals surface area contributed by atoms with Gasteiger partial charge in [-0.15, -0.1) is 0 Å². The Morgan fingerprint density at radius 2 is 1.56 bits per heavy atom. The summed E-state index contributed by atoms with van der Waals surface area (Å²) >= 11 is 0. The second-order valence-electron chi connectivity index (χ2n) is 6.02. The number of carbonyl (C=O) groups is 1. The number of nitrogens with zero attached hydrogens (tertiary/aromatic N) is 2. The highest BCUT2D eigenvalue weighted by molar-refractivity contribution is 5.74. The van der Waals surface area contributed by atoms with Gasteiger partial charge in [-0.05, 0) is 24.7 Å². The molecule has 2 aliphatic heterocycles. The van der Waals surface area contributed by atoms with Gasteiger partial charge in [0.2, 0.25) is 0 Å².